The Morgan fingerprint density at radius 2 is 2.14 bits per heavy atom. The molecule has 1 fully saturated rings. The van der Waals surface area contributed by atoms with Crippen LogP contribution in [0.3, 0.4) is 0 Å². The van der Waals surface area contributed by atoms with Crippen molar-refractivity contribution in [2.75, 3.05) is 5.32 Å². The zero-order valence-corrected chi connectivity index (χ0v) is 12.6. The van der Waals surface area contributed by atoms with Gasteiger partial charge >= 0.3 is 5.97 Å². The first kappa shape index (κ1) is 14.3. The van der Waals surface area contributed by atoms with E-state index in [1.54, 1.807) is 6.33 Å². The molecule has 2 N–H and O–H groups in total. The highest BCUT2D eigenvalue weighted by Crippen LogP contribution is 2.37. The molecule has 0 spiro atoms. The Kier molecular flexibility index (Phi) is 3.83. The Morgan fingerprint density at radius 3 is 2.81 bits per heavy atom. The van der Waals surface area contributed by atoms with E-state index in [1.807, 2.05) is 0 Å². The molecule has 1 heterocycles. The number of hydrogen-bond acceptors (Lipinski definition) is 4. The third-order valence-electron chi connectivity index (χ3n) is 5.18. The summed E-state index contributed by atoms with van der Waals surface area (Å²) >= 11 is 0. The maximum absolute atomic E-state index is 11.9. The summed E-state index contributed by atoms with van der Waals surface area (Å²) in [5.41, 5.74) is 1.35. The predicted molar refractivity (Wildman–Crippen MR) is 80.3 cm³/mol. The largest absolute Gasteiger partial charge is 0.480 e. The molecule has 0 amide bonds. The minimum atomic E-state index is -0.851. The molecule has 0 saturated heterocycles. The molecule has 21 heavy (non-hydrogen) atoms. The van der Waals surface area contributed by atoms with Crippen molar-refractivity contribution in [2.45, 2.75) is 63.8 Å². The Labute approximate surface area is 125 Å². The molecule has 3 rings (SSSR count). The van der Waals surface area contributed by atoms with Gasteiger partial charge in [-0.15, -0.1) is 0 Å². The van der Waals surface area contributed by atoms with Gasteiger partial charge in [0.05, 0.1) is 0 Å². The van der Waals surface area contributed by atoms with Gasteiger partial charge in [0.15, 0.2) is 0 Å². The van der Waals surface area contributed by atoms with Gasteiger partial charge in [0.25, 0.3) is 0 Å². The van der Waals surface area contributed by atoms with Crippen molar-refractivity contribution >= 4 is 11.8 Å². The normalized spacial score (nSPS) is 28.1. The number of carboxylic acids is 1. The lowest BCUT2D eigenvalue weighted by molar-refractivity contribution is -0.143. The topological polar surface area (TPSA) is 75.1 Å². The van der Waals surface area contributed by atoms with Crippen LogP contribution in [0.15, 0.2) is 6.33 Å². The van der Waals surface area contributed by atoms with Crippen LogP contribution in [-0.2, 0) is 17.6 Å². The van der Waals surface area contributed by atoms with Gasteiger partial charge in [-0.05, 0) is 50.9 Å². The van der Waals surface area contributed by atoms with Crippen molar-refractivity contribution < 1.29 is 9.90 Å². The van der Waals surface area contributed by atoms with E-state index < -0.39 is 11.5 Å². The number of nitrogens with zero attached hydrogens (tertiary/aromatic N) is 2. The molecule has 0 aliphatic heterocycles. The number of aryl methyl sites for hydroxylation is 1. The fourth-order valence-corrected chi connectivity index (χ4v) is 3.66. The Hall–Kier alpha value is -1.65. The van der Waals surface area contributed by atoms with Crippen LogP contribution in [0.25, 0.3) is 0 Å². The zero-order chi connectivity index (χ0) is 14.9. The second-order valence-corrected chi connectivity index (χ2v) is 6.36. The van der Waals surface area contributed by atoms with Crippen molar-refractivity contribution in [2.24, 2.45) is 5.92 Å². The lowest BCUT2D eigenvalue weighted by Crippen LogP contribution is -2.49. The van der Waals surface area contributed by atoms with Crippen molar-refractivity contribution in [1.82, 2.24) is 9.97 Å². The Balaban J connectivity index is 1.84. The number of aliphatic carboxylic acids is 1. The van der Waals surface area contributed by atoms with Crippen LogP contribution in [0.2, 0.25) is 0 Å². The van der Waals surface area contributed by atoms with E-state index in [2.05, 4.69) is 22.2 Å². The van der Waals surface area contributed by atoms with Crippen molar-refractivity contribution in [3.63, 3.8) is 0 Å². The molecule has 1 saturated carbocycles. The number of carboxylic acid groups (broad SMARTS) is 1. The van der Waals surface area contributed by atoms with Crippen LogP contribution < -0.4 is 5.32 Å². The van der Waals surface area contributed by atoms with Gasteiger partial charge < -0.3 is 10.4 Å². The molecular weight excluding hydrogens is 266 g/mol. The van der Waals surface area contributed by atoms with Gasteiger partial charge in [-0.25, -0.2) is 14.8 Å². The second-order valence-electron chi connectivity index (χ2n) is 6.36. The maximum atomic E-state index is 11.9. The maximum Gasteiger partial charge on any atom is 0.329 e. The highest BCUT2D eigenvalue weighted by Gasteiger charge is 2.42. The molecule has 5 nitrogen and oxygen atoms in total. The highest BCUT2D eigenvalue weighted by molar-refractivity contribution is 5.83. The van der Waals surface area contributed by atoms with E-state index >= 15 is 0 Å². The average Bonchev–Trinajstić information content (AvgIpc) is 2.97. The van der Waals surface area contributed by atoms with Gasteiger partial charge in [-0.3, -0.25) is 0 Å². The zero-order valence-electron chi connectivity index (χ0n) is 12.6. The van der Waals surface area contributed by atoms with Crippen molar-refractivity contribution in [1.29, 1.82) is 0 Å². The molecule has 114 valence electrons. The summed E-state index contributed by atoms with van der Waals surface area (Å²) < 4.78 is 0. The number of aromatic nitrogens is 2. The van der Waals surface area contributed by atoms with E-state index in [0.717, 1.165) is 55.6 Å². The quantitative estimate of drug-likeness (QED) is 0.891. The monoisotopic (exact) mass is 289 g/mol. The van der Waals surface area contributed by atoms with Crippen molar-refractivity contribution in [3.05, 3.63) is 17.6 Å². The fourth-order valence-electron chi connectivity index (χ4n) is 3.66. The lowest BCUT2D eigenvalue weighted by atomic mass is 9.75. The lowest BCUT2D eigenvalue weighted by Gasteiger charge is -2.38. The summed E-state index contributed by atoms with van der Waals surface area (Å²) in [6, 6.07) is 0. The van der Waals surface area contributed by atoms with Crippen LogP contribution in [0.5, 0.6) is 0 Å². The van der Waals surface area contributed by atoms with Gasteiger partial charge in [-0.1, -0.05) is 13.3 Å². The number of fused-ring (bicyclic) bond motifs is 1. The summed E-state index contributed by atoms with van der Waals surface area (Å²) in [5.74, 6) is 0.660. The van der Waals surface area contributed by atoms with E-state index in [-0.39, 0.29) is 0 Å². The first-order chi connectivity index (χ1) is 10.1. The summed E-state index contributed by atoms with van der Waals surface area (Å²) in [6.07, 6.45) is 9.01. The minimum absolute atomic E-state index is 0.662. The van der Waals surface area contributed by atoms with Gasteiger partial charge in [0.2, 0.25) is 0 Å². The molecule has 0 aromatic carbocycles. The predicted octanol–water partition coefficient (Wildman–Crippen LogP) is 2.80. The van der Waals surface area contributed by atoms with Crippen LogP contribution in [0, 0.1) is 5.92 Å². The summed E-state index contributed by atoms with van der Waals surface area (Å²) in [4.78, 5) is 20.5. The molecule has 0 atom stereocenters. The average molecular weight is 289 g/mol. The SMILES string of the molecule is CCC1CCC(Nc2ncnc3c2CCC3)(C(=O)O)CC1. The van der Waals surface area contributed by atoms with E-state index in [9.17, 15) is 9.90 Å². The Morgan fingerprint density at radius 1 is 1.38 bits per heavy atom. The van der Waals surface area contributed by atoms with Crippen molar-refractivity contribution in [3.8, 4) is 0 Å². The molecule has 1 aromatic heterocycles. The fraction of sp³-hybridized carbons (Fsp3) is 0.688. The number of anilines is 1. The minimum Gasteiger partial charge on any atom is -0.480 e. The smallest absolute Gasteiger partial charge is 0.329 e. The number of nitrogens with one attached hydrogen (secondary N) is 1. The molecule has 0 radical (unpaired) electrons. The molecule has 5 heteroatoms. The van der Waals surface area contributed by atoms with Crippen LogP contribution in [0.1, 0.15) is 56.7 Å². The van der Waals surface area contributed by atoms with E-state index in [1.165, 1.54) is 0 Å². The van der Waals surface area contributed by atoms with E-state index in [4.69, 9.17) is 0 Å². The first-order valence-electron chi connectivity index (χ1n) is 7.99. The third kappa shape index (κ3) is 2.61. The Bertz CT molecular complexity index is 536. The highest BCUT2D eigenvalue weighted by atomic mass is 16.4. The first-order valence-corrected chi connectivity index (χ1v) is 7.99. The molecule has 0 bridgehead atoms. The summed E-state index contributed by atoms with van der Waals surface area (Å²) in [6.45, 7) is 2.18. The van der Waals surface area contributed by atoms with E-state index in [0.29, 0.717) is 18.8 Å². The third-order valence-corrected chi connectivity index (χ3v) is 5.18. The molecule has 2 aliphatic rings. The molecular formula is C16H23N3O2. The van der Waals surface area contributed by atoms with Crippen LogP contribution in [-0.4, -0.2) is 26.6 Å². The molecule has 1 aromatic rings. The number of carbonyl (C=O) groups is 1. The molecule has 2 aliphatic carbocycles. The second kappa shape index (κ2) is 5.62. The standard InChI is InChI=1S/C16H23N3O2/c1-2-11-6-8-16(9-7-11,15(20)21)19-14-12-4-3-5-13(12)17-10-18-14/h10-11H,2-9H2,1H3,(H,20,21)(H,17,18,19). The van der Waals surface area contributed by atoms with Gasteiger partial charge in [0.1, 0.15) is 17.7 Å². The van der Waals surface area contributed by atoms with Gasteiger partial charge in [0, 0.05) is 11.3 Å². The van der Waals surface area contributed by atoms with Crippen LogP contribution in [0.4, 0.5) is 5.82 Å². The summed E-state index contributed by atoms with van der Waals surface area (Å²) in [5, 5.41) is 13.0. The number of hydrogen-bond donors (Lipinski definition) is 2. The molecule has 0 unspecified atom stereocenters. The number of rotatable bonds is 4. The summed E-state index contributed by atoms with van der Waals surface area (Å²) in [7, 11) is 0. The van der Waals surface area contributed by atoms with Gasteiger partial charge in [-0.2, -0.15) is 0 Å². The van der Waals surface area contributed by atoms with Crippen LogP contribution >= 0.6 is 0 Å².